The molecule has 2 bridgehead atoms. The van der Waals surface area contributed by atoms with Gasteiger partial charge in [-0.2, -0.15) is 15.1 Å². The Labute approximate surface area is 312 Å². The fourth-order valence-electron chi connectivity index (χ4n) is 9.44. The first-order chi connectivity index (χ1) is 26.4. The molecule has 1 N–H and O–H groups in total. The van der Waals surface area contributed by atoms with E-state index in [1.807, 2.05) is 0 Å². The Bertz CT molecular complexity index is 2430. The Balaban J connectivity index is 1.15. The number of terminal acetylenes is 1. The molecule has 0 spiro atoms. The first-order valence-corrected chi connectivity index (χ1v) is 18.7. The lowest BCUT2D eigenvalue weighted by molar-refractivity contribution is -0.0484. The van der Waals surface area contributed by atoms with Crippen molar-refractivity contribution in [1.29, 1.82) is 0 Å². The van der Waals surface area contributed by atoms with Gasteiger partial charge in [-0.15, -0.1) is 6.42 Å². The molecule has 6 heterocycles. The fraction of sp³-hybridized carbons (Fsp3) is 0.475. The van der Waals surface area contributed by atoms with Gasteiger partial charge >= 0.3 is 6.01 Å². The van der Waals surface area contributed by atoms with Crippen molar-refractivity contribution in [3.05, 3.63) is 47.7 Å². The zero-order valence-corrected chi connectivity index (χ0v) is 30.0. The molecule has 1 aliphatic carbocycles. The summed E-state index contributed by atoms with van der Waals surface area (Å²) in [7, 11) is 1.70. The predicted octanol–water partition coefficient (Wildman–Crippen LogP) is 5.66. The van der Waals surface area contributed by atoms with Crippen molar-refractivity contribution in [3.63, 3.8) is 0 Å². The van der Waals surface area contributed by atoms with Gasteiger partial charge in [0.05, 0.1) is 29.6 Å². The zero-order valence-electron chi connectivity index (χ0n) is 30.0. The number of phenolic OH excluding ortho intramolecular Hbond substituents is 1. The van der Waals surface area contributed by atoms with Gasteiger partial charge in [-0.25, -0.2) is 22.0 Å². The van der Waals surface area contributed by atoms with Crippen molar-refractivity contribution < 1.29 is 36.5 Å². The molecule has 2 aromatic heterocycles. The Hall–Kier alpha value is -4.78. The molecule has 5 aromatic rings. The smallest absolute Gasteiger partial charge is 0.319 e. The molecule has 3 aromatic carbocycles. The number of benzene rings is 3. The van der Waals surface area contributed by atoms with Gasteiger partial charge in [0.2, 0.25) is 0 Å². The molecular formula is C40H38F5N7O3. The maximum absolute atomic E-state index is 17.7. The van der Waals surface area contributed by atoms with Crippen molar-refractivity contribution in [3.8, 4) is 35.2 Å². The number of aromatic nitrogens is 4. The fourth-order valence-corrected chi connectivity index (χ4v) is 9.44. The van der Waals surface area contributed by atoms with Crippen molar-refractivity contribution in [1.82, 2.24) is 29.5 Å². The molecule has 0 amide bonds. The van der Waals surface area contributed by atoms with Gasteiger partial charge in [-0.3, -0.25) is 14.5 Å². The molecule has 10 rings (SSSR count). The summed E-state index contributed by atoms with van der Waals surface area (Å²) >= 11 is 0. The topological polar surface area (TPSA) is 92.0 Å². The normalized spacial score (nSPS) is 25.4. The molecule has 4 saturated heterocycles. The van der Waals surface area contributed by atoms with E-state index >= 15 is 17.6 Å². The number of ether oxygens (including phenoxy) is 2. The van der Waals surface area contributed by atoms with Crippen LogP contribution in [-0.4, -0.2) is 118 Å². The second kappa shape index (κ2) is 12.4. The standard InChI is InChI=1S/C40H38F5N7O3/c1-3-27-30(42)7-4-22-8-26(53)9-28(31(22)27)32-34(43)36-33(29-15-49(2)48-35(29)32)37(52-24-5-6-25(52)14-50(13-24)10-21-16-54-17-21)47-38(46-36)55-20-39(18-40(39,44)45)19-51-11-23(41)12-51/h1,4,7-9,15,21,23-25,53H,5-6,10-14,16-20H2,2H3/t24-,25+,39-/m1/s1. The molecule has 3 atom stereocenters. The molecule has 5 aliphatic rings. The Morgan fingerprint density at radius 1 is 1.02 bits per heavy atom. The maximum Gasteiger partial charge on any atom is 0.319 e. The van der Waals surface area contributed by atoms with Gasteiger partial charge in [-0.1, -0.05) is 12.0 Å². The Morgan fingerprint density at radius 3 is 2.42 bits per heavy atom. The van der Waals surface area contributed by atoms with E-state index < -0.39 is 42.2 Å². The number of nitrogens with zero attached hydrogens (tertiary/aromatic N) is 7. The van der Waals surface area contributed by atoms with E-state index in [-0.39, 0.29) is 76.6 Å². The SMILES string of the molecule is C#Cc1c(F)ccc2cc(O)cc(-c3c(F)c4nc(OC[C@]5(CN6CC(F)C6)CC5(F)F)nc(N5[C@@H]6CC[C@H]5CN(CC5COC5)C6)c4c4cn(C)nc34)c12. The molecular weight excluding hydrogens is 721 g/mol. The monoisotopic (exact) mass is 759 g/mol. The second-order valence-electron chi connectivity index (χ2n) is 16.1. The molecule has 0 unspecified atom stereocenters. The van der Waals surface area contributed by atoms with Crippen LogP contribution in [0.25, 0.3) is 43.7 Å². The average Bonchev–Trinajstić information content (AvgIpc) is 3.30. The van der Waals surface area contributed by atoms with Crippen LogP contribution in [0.4, 0.5) is 27.8 Å². The Kier molecular flexibility index (Phi) is 7.80. The summed E-state index contributed by atoms with van der Waals surface area (Å²) in [5.41, 5.74) is -1.55. The summed E-state index contributed by atoms with van der Waals surface area (Å²) in [4.78, 5) is 15.8. The number of hydrogen-bond donors (Lipinski definition) is 1. The van der Waals surface area contributed by atoms with Crippen LogP contribution in [0, 0.1) is 35.3 Å². The van der Waals surface area contributed by atoms with Crippen molar-refractivity contribution in [2.24, 2.45) is 18.4 Å². The number of phenols is 1. The number of fused-ring (bicyclic) bond motifs is 6. The van der Waals surface area contributed by atoms with Crippen LogP contribution in [0.3, 0.4) is 0 Å². The third-order valence-electron chi connectivity index (χ3n) is 12.3. The number of likely N-dealkylation sites (tertiary alicyclic amines) is 2. The first-order valence-electron chi connectivity index (χ1n) is 18.7. The number of alkyl halides is 3. The third-order valence-corrected chi connectivity index (χ3v) is 12.3. The number of anilines is 1. The van der Waals surface area contributed by atoms with Crippen molar-refractivity contribution >= 4 is 38.4 Å². The number of hydrogen-bond acceptors (Lipinski definition) is 9. The lowest BCUT2D eigenvalue weighted by Crippen LogP contribution is -2.56. The summed E-state index contributed by atoms with van der Waals surface area (Å²) in [6.45, 7) is 3.57. The highest BCUT2D eigenvalue weighted by atomic mass is 19.3. The van der Waals surface area contributed by atoms with Crippen molar-refractivity contribution in [2.45, 2.75) is 43.4 Å². The van der Waals surface area contributed by atoms with Crippen LogP contribution in [0.2, 0.25) is 0 Å². The van der Waals surface area contributed by atoms with Gasteiger partial charge < -0.3 is 19.5 Å². The van der Waals surface area contributed by atoms with E-state index in [4.69, 9.17) is 20.9 Å². The van der Waals surface area contributed by atoms with Crippen LogP contribution < -0.4 is 9.64 Å². The highest BCUT2D eigenvalue weighted by Gasteiger charge is 2.72. The number of rotatable bonds is 9. The van der Waals surface area contributed by atoms with E-state index in [2.05, 4.69) is 25.8 Å². The van der Waals surface area contributed by atoms with Gasteiger partial charge in [0, 0.05) is 93.3 Å². The number of halogens is 5. The van der Waals surface area contributed by atoms with Gasteiger partial charge in [0.1, 0.15) is 41.2 Å². The summed E-state index contributed by atoms with van der Waals surface area (Å²) in [5.74, 6) is -1.48. The van der Waals surface area contributed by atoms with E-state index in [1.165, 1.54) is 24.3 Å². The predicted molar refractivity (Wildman–Crippen MR) is 195 cm³/mol. The lowest BCUT2D eigenvalue weighted by atomic mass is 9.91. The minimum atomic E-state index is -3.03. The summed E-state index contributed by atoms with van der Waals surface area (Å²) in [5, 5.41) is 17.0. The number of aromatic hydroxyl groups is 1. The van der Waals surface area contributed by atoms with E-state index in [0.717, 1.165) is 45.7 Å². The number of aryl methyl sites for hydroxylation is 1. The zero-order chi connectivity index (χ0) is 38.0. The lowest BCUT2D eigenvalue weighted by Gasteiger charge is -2.44. The van der Waals surface area contributed by atoms with Crippen LogP contribution in [-0.2, 0) is 11.8 Å². The van der Waals surface area contributed by atoms with Crippen LogP contribution >= 0.6 is 0 Å². The molecule has 5 fully saturated rings. The largest absolute Gasteiger partial charge is 0.508 e. The summed E-state index contributed by atoms with van der Waals surface area (Å²) in [6.07, 6.45) is 7.80. The maximum atomic E-state index is 17.7. The molecule has 1 saturated carbocycles. The first kappa shape index (κ1) is 34.7. The van der Waals surface area contributed by atoms with Gasteiger partial charge in [0.15, 0.2) is 5.82 Å². The van der Waals surface area contributed by atoms with E-state index in [9.17, 15) is 9.50 Å². The van der Waals surface area contributed by atoms with Crippen LogP contribution in [0.15, 0.2) is 30.5 Å². The minimum absolute atomic E-state index is 0.0236. The van der Waals surface area contributed by atoms with Crippen molar-refractivity contribution in [2.75, 3.05) is 64.0 Å². The summed E-state index contributed by atoms with van der Waals surface area (Å²) in [6, 6.07) is 5.17. The molecule has 286 valence electrons. The van der Waals surface area contributed by atoms with Gasteiger partial charge in [-0.05, 0) is 42.0 Å². The number of piperazine rings is 1. The molecule has 55 heavy (non-hydrogen) atoms. The highest BCUT2D eigenvalue weighted by molar-refractivity contribution is 6.18. The minimum Gasteiger partial charge on any atom is -0.508 e. The quantitative estimate of drug-likeness (QED) is 0.151. The van der Waals surface area contributed by atoms with Gasteiger partial charge in [0.25, 0.3) is 5.92 Å². The summed E-state index contributed by atoms with van der Waals surface area (Å²) < 4.78 is 89.6. The average molecular weight is 760 g/mol. The second-order valence-corrected chi connectivity index (χ2v) is 16.1. The molecule has 15 heteroatoms. The highest BCUT2D eigenvalue weighted by Crippen LogP contribution is 2.61. The van der Waals surface area contributed by atoms with E-state index in [0.29, 0.717) is 27.9 Å². The van der Waals surface area contributed by atoms with Crippen LogP contribution in [0.1, 0.15) is 24.8 Å². The molecule has 0 radical (unpaired) electrons. The Morgan fingerprint density at radius 2 is 1.76 bits per heavy atom. The van der Waals surface area contributed by atoms with E-state index in [1.54, 1.807) is 22.8 Å². The molecule has 10 nitrogen and oxygen atoms in total. The molecule has 4 aliphatic heterocycles. The third kappa shape index (κ3) is 5.50. The van der Waals surface area contributed by atoms with Crippen LogP contribution in [0.5, 0.6) is 11.8 Å².